The van der Waals surface area contributed by atoms with E-state index < -0.39 is 72.4 Å². The Kier molecular flexibility index (Phi) is 22.5. The first kappa shape index (κ1) is 47.0. The molecular weight excluding hydrogens is 714 g/mol. The third kappa shape index (κ3) is 17.6. The highest BCUT2D eigenvalue weighted by Gasteiger charge is 2.34. The number of phenols is 1. The minimum atomic E-state index is -1.97. The summed E-state index contributed by atoms with van der Waals surface area (Å²) in [5.74, 6) is -6.98. The van der Waals surface area contributed by atoms with Crippen molar-refractivity contribution >= 4 is 42.0 Å². The quantitative estimate of drug-likeness (QED) is 0.0112. The van der Waals surface area contributed by atoms with Crippen molar-refractivity contribution in [2.24, 2.45) is 11.7 Å². The smallest absolute Gasteiger partial charge is 0.342 e. The first-order chi connectivity index (χ1) is 25.7. The van der Waals surface area contributed by atoms with Crippen LogP contribution in [0, 0.1) is 11.3 Å². The van der Waals surface area contributed by atoms with Crippen LogP contribution in [0.5, 0.6) is 5.75 Å². The summed E-state index contributed by atoms with van der Waals surface area (Å²) in [5.41, 5.74) is 6.46. The predicted molar refractivity (Wildman–Crippen MR) is 189 cm³/mol. The molecule has 0 heterocycles. The SMILES string of the molecule is CCCCCCCC[C@H](OC(=O)[C@H](CCCN(O)C=O)NC(=O)[C@@H](O)COC(=O)c1ccccc1O)[C@@H](C)C(=O)N[C@@H](CCCN(O)C(=N)N)C(=O)NO. The molecular formula is C34H55N7O13. The van der Waals surface area contributed by atoms with Gasteiger partial charge in [0.05, 0.1) is 5.92 Å². The van der Waals surface area contributed by atoms with E-state index in [-0.39, 0.29) is 62.9 Å². The molecule has 0 radical (unpaired) electrons. The van der Waals surface area contributed by atoms with E-state index in [1.54, 1.807) is 0 Å². The molecule has 0 bridgehead atoms. The van der Waals surface area contributed by atoms with Gasteiger partial charge in [0.2, 0.25) is 18.3 Å². The van der Waals surface area contributed by atoms with Gasteiger partial charge in [-0.05, 0) is 50.7 Å². The lowest BCUT2D eigenvalue weighted by Gasteiger charge is -2.28. The minimum absolute atomic E-state index is 0.0291. The molecule has 0 saturated carbocycles. The van der Waals surface area contributed by atoms with Crippen LogP contribution in [0.4, 0.5) is 0 Å². The maximum atomic E-state index is 13.6. The second-order valence-electron chi connectivity index (χ2n) is 12.6. The molecule has 11 N–H and O–H groups in total. The van der Waals surface area contributed by atoms with Crippen molar-refractivity contribution in [3.8, 4) is 5.75 Å². The Hall–Kier alpha value is -5.05. The van der Waals surface area contributed by atoms with E-state index in [1.165, 1.54) is 36.7 Å². The summed E-state index contributed by atoms with van der Waals surface area (Å²) in [6.45, 7) is 2.28. The summed E-state index contributed by atoms with van der Waals surface area (Å²) in [6.07, 6.45) is 2.21. The number of nitrogens with two attached hydrogens (primary N) is 1. The lowest BCUT2D eigenvalue weighted by atomic mass is 9.96. The van der Waals surface area contributed by atoms with E-state index in [9.17, 15) is 54.6 Å². The van der Waals surface area contributed by atoms with Crippen molar-refractivity contribution in [3.05, 3.63) is 29.8 Å². The fourth-order valence-electron chi connectivity index (χ4n) is 5.13. The largest absolute Gasteiger partial charge is 0.507 e. The normalized spacial score (nSPS) is 13.6. The van der Waals surface area contributed by atoms with Crippen LogP contribution in [0.1, 0.15) is 94.8 Å². The van der Waals surface area contributed by atoms with Gasteiger partial charge in [-0.3, -0.25) is 40.2 Å². The Morgan fingerprint density at radius 2 is 1.50 bits per heavy atom. The number of ether oxygens (including phenoxy) is 2. The van der Waals surface area contributed by atoms with Crippen LogP contribution < -0.4 is 21.8 Å². The Morgan fingerprint density at radius 1 is 0.889 bits per heavy atom. The molecule has 20 nitrogen and oxygen atoms in total. The number of carbonyl (C=O) groups excluding carboxylic acids is 6. The molecule has 0 aliphatic heterocycles. The summed E-state index contributed by atoms with van der Waals surface area (Å²) in [6, 6.07) is 2.69. The Labute approximate surface area is 313 Å². The van der Waals surface area contributed by atoms with E-state index in [2.05, 4.69) is 17.6 Å². The fourth-order valence-corrected chi connectivity index (χ4v) is 5.13. The molecule has 0 saturated heterocycles. The van der Waals surface area contributed by atoms with Gasteiger partial charge < -0.3 is 36.1 Å². The Balaban J connectivity index is 3.16. The molecule has 20 heteroatoms. The molecule has 0 unspecified atom stereocenters. The van der Waals surface area contributed by atoms with Crippen molar-refractivity contribution in [1.29, 1.82) is 5.41 Å². The van der Waals surface area contributed by atoms with E-state index in [0.717, 1.165) is 32.1 Å². The highest BCUT2D eigenvalue weighted by molar-refractivity contribution is 5.93. The number of nitrogens with zero attached hydrogens (tertiary/aromatic N) is 2. The number of esters is 2. The van der Waals surface area contributed by atoms with Crippen molar-refractivity contribution in [2.75, 3.05) is 19.7 Å². The van der Waals surface area contributed by atoms with E-state index in [0.29, 0.717) is 16.5 Å². The van der Waals surface area contributed by atoms with Crippen molar-refractivity contribution in [1.82, 2.24) is 26.2 Å². The zero-order chi connectivity index (χ0) is 40.6. The van der Waals surface area contributed by atoms with Gasteiger partial charge in [-0.25, -0.2) is 25.2 Å². The number of rotatable bonds is 27. The molecule has 0 aromatic heterocycles. The molecule has 0 spiro atoms. The molecule has 1 aromatic rings. The number of aromatic hydroxyl groups is 1. The van der Waals surface area contributed by atoms with Crippen molar-refractivity contribution in [3.63, 3.8) is 0 Å². The number of hydroxylamine groups is 5. The number of nitrogens with one attached hydrogen (secondary N) is 4. The third-order valence-electron chi connectivity index (χ3n) is 8.37. The molecule has 304 valence electrons. The van der Waals surface area contributed by atoms with Gasteiger partial charge in [-0.1, -0.05) is 58.1 Å². The van der Waals surface area contributed by atoms with E-state index in [1.807, 2.05) is 0 Å². The maximum absolute atomic E-state index is 13.6. The van der Waals surface area contributed by atoms with Crippen LogP contribution in [-0.4, -0.2) is 122 Å². The van der Waals surface area contributed by atoms with Crippen LogP contribution in [0.3, 0.4) is 0 Å². The number of unbranched alkanes of at least 4 members (excludes halogenated alkanes) is 5. The van der Waals surface area contributed by atoms with Crippen LogP contribution in [0.15, 0.2) is 24.3 Å². The predicted octanol–water partition coefficient (Wildman–Crippen LogP) is 0.676. The number of para-hydroxylation sites is 1. The van der Waals surface area contributed by atoms with Crippen LogP contribution in [-0.2, 0) is 33.4 Å². The minimum Gasteiger partial charge on any atom is -0.507 e. The van der Waals surface area contributed by atoms with Gasteiger partial charge in [-0.15, -0.1) is 0 Å². The van der Waals surface area contributed by atoms with Crippen molar-refractivity contribution < 1.29 is 64.1 Å². The monoisotopic (exact) mass is 769 g/mol. The lowest BCUT2D eigenvalue weighted by molar-refractivity contribution is -0.159. The van der Waals surface area contributed by atoms with E-state index in [4.69, 9.17) is 20.6 Å². The topological polar surface area (TPSA) is 314 Å². The van der Waals surface area contributed by atoms with Crippen LogP contribution >= 0.6 is 0 Å². The number of aliphatic hydroxyl groups excluding tert-OH is 1. The van der Waals surface area contributed by atoms with Gasteiger partial charge in [0.1, 0.15) is 36.1 Å². The highest BCUT2D eigenvalue weighted by Crippen LogP contribution is 2.20. The van der Waals surface area contributed by atoms with Gasteiger partial charge in [0, 0.05) is 13.1 Å². The first-order valence-corrected chi connectivity index (χ1v) is 17.8. The number of carbonyl (C=O) groups is 6. The summed E-state index contributed by atoms with van der Waals surface area (Å²) in [4.78, 5) is 75.6. The molecule has 54 heavy (non-hydrogen) atoms. The Bertz CT molecular complexity index is 1370. The molecule has 0 aliphatic carbocycles. The lowest BCUT2D eigenvalue weighted by Crippen LogP contribution is -2.51. The number of aliphatic hydroxyl groups is 1. The average Bonchev–Trinajstić information content (AvgIpc) is 3.15. The maximum Gasteiger partial charge on any atom is 0.342 e. The molecule has 4 amide bonds. The van der Waals surface area contributed by atoms with Gasteiger partial charge >= 0.3 is 11.9 Å². The first-order valence-electron chi connectivity index (χ1n) is 17.8. The number of benzene rings is 1. The molecule has 5 atom stereocenters. The fraction of sp³-hybridized carbons (Fsp3) is 0.618. The van der Waals surface area contributed by atoms with Gasteiger partial charge in [-0.2, -0.15) is 0 Å². The zero-order valence-corrected chi connectivity index (χ0v) is 30.6. The molecule has 1 rings (SSSR count). The molecule has 0 aliphatic rings. The zero-order valence-electron chi connectivity index (χ0n) is 30.6. The number of phenolic OH excluding ortho intramolecular Hbond substituents is 1. The second kappa shape index (κ2) is 25.8. The van der Waals surface area contributed by atoms with Gasteiger partial charge in [0.25, 0.3) is 11.8 Å². The second-order valence-corrected chi connectivity index (χ2v) is 12.6. The number of hydrogen-bond donors (Lipinski definition) is 10. The van der Waals surface area contributed by atoms with Gasteiger partial charge in [0.15, 0.2) is 6.10 Å². The summed E-state index contributed by atoms with van der Waals surface area (Å²) in [5, 5.41) is 61.5. The summed E-state index contributed by atoms with van der Waals surface area (Å²) >= 11 is 0. The van der Waals surface area contributed by atoms with Crippen LogP contribution in [0.25, 0.3) is 0 Å². The van der Waals surface area contributed by atoms with E-state index >= 15 is 0 Å². The number of guanidine groups is 1. The number of hydrogen-bond acceptors (Lipinski definition) is 14. The Morgan fingerprint density at radius 3 is 2.13 bits per heavy atom. The summed E-state index contributed by atoms with van der Waals surface area (Å²) < 4.78 is 10.7. The third-order valence-corrected chi connectivity index (χ3v) is 8.37. The average molecular weight is 770 g/mol. The standard InChI is InChI=1S/C34H55N7O13/c1-3-4-5-6-7-8-17-28(22(2)29(45)37-24(30(46)39-50)14-12-19-41(52)34(35)36)54-33(49)25(15-11-18-40(51)21-42)38-31(47)27(44)20-53-32(48)23-13-9-10-16-26(23)43/h9-10,13,16,21-22,24-25,27-28,43-44,50-52H,3-8,11-12,14-15,17-20H2,1-2H3,(H3,35,36)(H,37,45)(H,38,47)(H,39,46)/t22-,24+,25+,27+,28+/m1/s1. The number of amides is 4. The molecule has 1 aromatic carbocycles. The van der Waals surface area contributed by atoms with Crippen LogP contribution in [0.2, 0.25) is 0 Å². The molecule has 0 fully saturated rings. The summed E-state index contributed by atoms with van der Waals surface area (Å²) in [7, 11) is 0. The van der Waals surface area contributed by atoms with Crippen molar-refractivity contribution in [2.45, 2.75) is 109 Å². The highest BCUT2D eigenvalue weighted by atomic mass is 16.6.